The molecule has 0 amide bonds. The Bertz CT molecular complexity index is 1390. The van der Waals surface area contributed by atoms with E-state index in [4.69, 9.17) is 0 Å². The first-order chi connectivity index (χ1) is 19.4. The summed E-state index contributed by atoms with van der Waals surface area (Å²) in [6.45, 7) is 0.702. The van der Waals surface area contributed by atoms with E-state index in [0.717, 1.165) is 35.2 Å². The second kappa shape index (κ2) is 13.5. The second-order valence-electron chi connectivity index (χ2n) is 10.0. The third-order valence-corrected chi connectivity index (χ3v) is 7.49. The zero-order valence-electron chi connectivity index (χ0n) is 22.5. The first-order valence-electron chi connectivity index (χ1n) is 13.3. The number of likely N-dealkylation sites (N-methyl/N-ethyl adjacent to an activating group) is 1. The van der Waals surface area contributed by atoms with Crippen molar-refractivity contribution >= 4 is 23.8 Å². The van der Waals surface area contributed by atoms with Gasteiger partial charge in [0, 0.05) is 17.3 Å². The van der Waals surface area contributed by atoms with Crippen LogP contribution in [-0.2, 0) is 0 Å². The van der Waals surface area contributed by atoms with Crippen LogP contribution in [0.3, 0.4) is 0 Å². The Labute approximate surface area is 240 Å². The van der Waals surface area contributed by atoms with Crippen LogP contribution in [0.2, 0.25) is 0 Å². The van der Waals surface area contributed by atoms with Gasteiger partial charge in [-0.2, -0.15) is 0 Å². The number of hydrogen-bond acceptors (Lipinski definition) is 6. The van der Waals surface area contributed by atoms with Crippen molar-refractivity contribution in [3.8, 4) is 22.6 Å². The number of benzene rings is 4. The molecule has 1 heterocycles. The van der Waals surface area contributed by atoms with E-state index in [1.807, 2.05) is 36.4 Å². The number of phenolic OH excluding ortho intramolecular Hbond substituents is 2. The van der Waals surface area contributed by atoms with Crippen molar-refractivity contribution in [3.63, 3.8) is 0 Å². The molecule has 5 rings (SSSR count). The maximum atomic E-state index is 13.3. The molecule has 3 unspecified atom stereocenters. The molecule has 1 saturated heterocycles. The molecule has 0 spiro atoms. The third-order valence-electron chi connectivity index (χ3n) is 7.49. The summed E-state index contributed by atoms with van der Waals surface area (Å²) >= 11 is 3.83. The summed E-state index contributed by atoms with van der Waals surface area (Å²) in [6, 6.07) is 29.0. The zero-order chi connectivity index (χ0) is 28.6. The van der Waals surface area contributed by atoms with Crippen molar-refractivity contribution in [3.05, 3.63) is 114 Å². The number of nitrogens with zero attached hydrogens (tertiary/aromatic N) is 2. The largest absolute Gasteiger partial charge is 0.508 e. The molecule has 3 N–H and O–H groups in total. The average Bonchev–Trinajstić information content (AvgIpc) is 3.30. The molecule has 0 aliphatic carbocycles. The Morgan fingerprint density at radius 1 is 0.900 bits per heavy atom. The lowest BCUT2D eigenvalue weighted by atomic mass is 9.91. The summed E-state index contributed by atoms with van der Waals surface area (Å²) in [6.07, 6.45) is 1.50. The second-order valence-corrected chi connectivity index (χ2v) is 10.0. The van der Waals surface area contributed by atoms with Crippen molar-refractivity contribution in [1.29, 1.82) is 0 Å². The predicted molar refractivity (Wildman–Crippen MR) is 163 cm³/mol. The van der Waals surface area contributed by atoms with E-state index in [0.29, 0.717) is 18.7 Å². The number of para-hydroxylation sites is 1. The number of thiocarbonyl (C=S) groups is 1. The molecule has 4 aromatic carbocycles. The quantitative estimate of drug-likeness (QED) is 0.198. The number of anilines is 1. The molecule has 5 nitrogen and oxygen atoms in total. The lowest BCUT2D eigenvalue weighted by Gasteiger charge is -2.30. The molecule has 1 aliphatic heterocycles. The molecule has 40 heavy (non-hydrogen) atoms. The number of aliphatic hydroxyl groups excluding tert-OH is 1. The van der Waals surface area contributed by atoms with E-state index in [1.165, 1.54) is 12.1 Å². The number of halogens is 1. The number of phenols is 2. The molecule has 7 heteroatoms. The zero-order valence-corrected chi connectivity index (χ0v) is 23.3. The van der Waals surface area contributed by atoms with Gasteiger partial charge in [0.25, 0.3) is 0 Å². The first-order valence-corrected chi connectivity index (χ1v) is 13.8. The molecule has 1 aliphatic rings. The van der Waals surface area contributed by atoms with Crippen LogP contribution in [0.5, 0.6) is 11.5 Å². The van der Waals surface area contributed by atoms with Crippen LogP contribution in [0, 0.1) is 5.82 Å². The summed E-state index contributed by atoms with van der Waals surface area (Å²) in [5.41, 5.74) is 4.30. The Morgan fingerprint density at radius 3 is 2.27 bits per heavy atom. The van der Waals surface area contributed by atoms with E-state index < -0.39 is 6.10 Å². The molecule has 208 valence electrons. The molecule has 0 radical (unpaired) electrons. The highest BCUT2D eigenvalue weighted by Crippen LogP contribution is 2.43. The van der Waals surface area contributed by atoms with E-state index >= 15 is 0 Å². The number of aliphatic hydroxyl groups is 1. The van der Waals surface area contributed by atoms with Crippen molar-refractivity contribution in [2.24, 2.45) is 0 Å². The van der Waals surface area contributed by atoms with Gasteiger partial charge in [0.15, 0.2) is 0 Å². The Morgan fingerprint density at radius 2 is 1.60 bits per heavy atom. The van der Waals surface area contributed by atoms with Gasteiger partial charge >= 0.3 is 0 Å². The fourth-order valence-electron chi connectivity index (χ4n) is 5.53. The standard InChI is InChI=1S/C32H33FN2O3.CH2S/c1-34-21-35(26-8-3-2-4-9-26)32(29(34)11-6-12-30(37)22-13-16-25(33)17-14-22)28-18-15-24(20-31(28)38)23-7-5-10-27(36)19-23;1-2/h2-5,7-10,13-20,29-30,32,36-38H,6,11-12,21H2,1H3;1H2. The minimum Gasteiger partial charge on any atom is -0.508 e. The minimum absolute atomic E-state index is 0.0939. The molecule has 0 aromatic heterocycles. The molecular weight excluding hydrogens is 523 g/mol. The van der Waals surface area contributed by atoms with Gasteiger partial charge in [0.05, 0.1) is 18.8 Å². The van der Waals surface area contributed by atoms with E-state index in [9.17, 15) is 19.7 Å². The summed E-state index contributed by atoms with van der Waals surface area (Å²) in [5, 5.41) is 31.8. The van der Waals surface area contributed by atoms with Gasteiger partial charge in [-0.1, -0.05) is 66.8 Å². The molecular formula is C33H35FN2O3S. The molecule has 0 bridgehead atoms. The monoisotopic (exact) mass is 558 g/mol. The molecule has 4 aromatic rings. The van der Waals surface area contributed by atoms with E-state index in [2.05, 4.69) is 47.1 Å². The Balaban J connectivity index is 0.00000181. The third kappa shape index (κ3) is 6.67. The van der Waals surface area contributed by atoms with Crippen LogP contribution >= 0.6 is 12.2 Å². The smallest absolute Gasteiger partial charge is 0.123 e. The van der Waals surface area contributed by atoms with Crippen LogP contribution < -0.4 is 4.90 Å². The first kappa shape index (κ1) is 29.2. The van der Waals surface area contributed by atoms with E-state index in [-0.39, 0.29) is 29.4 Å². The van der Waals surface area contributed by atoms with Crippen molar-refractivity contribution < 1.29 is 19.7 Å². The molecule has 0 saturated carbocycles. The molecule has 1 fully saturated rings. The summed E-state index contributed by atoms with van der Waals surface area (Å²) in [4.78, 5) is 4.61. The van der Waals surface area contributed by atoms with Crippen LogP contribution in [0.1, 0.15) is 42.5 Å². The van der Waals surface area contributed by atoms with Gasteiger partial charge in [-0.25, -0.2) is 4.39 Å². The van der Waals surface area contributed by atoms with Crippen LogP contribution in [0.15, 0.2) is 97.1 Å². The fraction of sp³-hybridized carbons (Fsp3) is 0.242. The van der Waals surface area contributed by atoms with Crippen molar-refractivity contribution in [2.45, 2.75) is 37.5 Å². The Hall–Kier alpha value is -3.78. The highest BCUT2D eigenvalue weighted by molar-refractivity contribution is 7.77. The summed E-state index contributed by atoms with van der Waals surface area (Å²) < 4.78 is 13.3. The van der Waals surface area contributed by atoms with Gasteiger partial charge in [-0.3, -0.25) is 4.90 Å². The normalized spacial score (nSPS) is 17.7. The van der Waals surface area contributed by atoms with Gasteiger partial charge in [0.1, 0.15) is 17.3 Å². The van der Waals surface area contributed by atoms with Gasteiger partial charge in [-0.05, 0) is 91.3 Å². The lowest BCUT2D eigenvalue weighted by Crippen LogP contribution is -2.29. The highest BCUT2D eigenvalue weighted by Gasteiger charge is 2.40. The maximum Gasteiger partial charge on any atom is 0.123 e. The van der Waals surface area contributed by atoms with Crippen molar-refractivity contribution in [2.75, 3.05) is 18.6 Å². The molecule has 3 atom stereocenters. The fourth-order valence-corrected chi connectivity index (χ4v) is 5.53. The number of rotatable bonds is 8. The average molecular weight is 559 g/mol. The topological polar surface area (TPSA) is 67.2 Å². The minimum atomic E-state index is -0.652. The van der Waals surface area contributed by atoms with Gasteiger partial charge in [-0.15, -0.1) is 0 Å². The van der Waals surface area contributed by atoms with E-state index in [1.54, 1.807) is 36.4 Å². The van der Waals surface area contributed by atoms with Crippen molar-refractivity contribution in [1.82, 2.24) is 4.90 Å². The summed E-state index contributed by atoms with van der Waals surface area (Å²) in [5.74, 6) is 2.91. The predicted octanol–water partition coefficient (Wildman–Crippen LogP) is 7.24. The lowest BCUT2D eigenvalue weighted by molar-refractivity contribution is 0.157. The van der Waals surface area contributed by atoms with Gasteiger partial charge in [0.2, 0.25) is 0 Å². The van der Waals surface area contributed by atoms with Gasteiger partial charge < -0.3 is 20.2 Å². The Kier molecular flexibility index (Phi) is 9.88. The maximum absolute atomic E-state index is 13.3. The van der Waals surface area contributed by atoms with Crippen LogP contribution in [0.25, 0.3) is 11.1 Å². The number of hydrogen-bond donors (Lipinski definition) is 3. The van der Waals surface area contributed by atoms with Crippen LogP contribution in [0.4, 0.5) is 10.1 Å². The number of aromatic hydroxyl groups is 2. The van der Waals surface area contributed by atoms with Crippen LogP contribution in [-0.4, -0.2) is 45.8 Å². The SMILES string of the molecule is C=S.CN1CN(c2ccccc2)C(c2ccc(-c3cccc(O)c3)cc2O)C1CCCC(O)c1ccc(F)cc1. The summed E-state index contributed by atoms with van der Waals surface area (Å²) in [7, 11) is 2.09. The highest BCUT2D eigenvalue weighted by atomic mass is 32.1.